The molecule has 0 aliphatic heterocycles. The maximum Gasteiger partial charge on any atom is 0.327 e. The summed E-state index contributed by atoms with van der Waals surface area (Å²) >= 11 is 7.61. The maximum absolute atomic E-state index is 12.0. The van der Waals surface area contributed by atoms with Crippen molar-refractivity contribution >= 4 is 60.9 Å². The van der Waals surface area contributed by atoms with Crippen LogP contribution in [0.4, 0.5) is 0 Å². The Labute approximate surface area is 193 Å². The van der Waals surface area contributed by atoms with Crippen molar-refractivity contribution in [3.63, 3.8) is 0 Å². The molecular weight excluding hydrogens is 472 g/mol. The first-order valence-corrected chi connectivity index (χ1v) is 10.3. The Morgan fingerprint density at radius 3 is 1.16 bits per heavy atom. The molecule has 0 saturated carbocycles. The summed E-state index contributed by atoms with van der Waals surface area (Å²) in [4.78, 5) is 70.5. The van der Waals surface area contributed by atoms with Crippen LogP contribution in [-0.2, 0) is 28.8 Å². The number of hydrogen-bond donors (Lipinski definition) is 8. The lowest BCUT2D eigenvalue weighted by Gasteiger charge is -2.26. The largest absolute Gasteiger partial charge is 0.480 e. The van der Waals surface area contributed by atoms with Crippen LogP contribution in [0.3, 0.4) is 0 Å². The van der Waals surface area contributed by atoms with E-state index in [9.17, 15) is 28.8 Å². The van der Waals surface area contributed by atoms with Crippen molar-refractivity contribution in [2.75, 3.05) is 50.8 Å². The Morgan fingerprint density at radius 1 is 0.625 bits per heavy atom. The molecule has 32 heavy (non-hydrogen) atoms. The summed E-state index contributed by atoms with van der Waals surface area (Å²) in [5.41, 5.74) is 0. The molecule has 0 bridgehead atoms. The zero-order valence-corrected chi connectivity index (χ0v) is 18.6. The van der Waals surface area contributed by atoms with E-state index in [0.29, 0.717) is 0 Å². The van der Waals surface area contributed by atoms with Gasteiger partial charge in [0.05, 0.1) is 26.2 Å². The van der Waals surface area contributed by atoms with Crippen molar-refractivity contribution in [2.24, 2.45) is 0 Å². The Bertz CT molecular complexity index is 650. The fourth-order valence-electron chi connectivity index (χ4n) is 2.35. The quantitative estimate of drug-likeness (QED) is 0.0929. The van der Waals surface area contributed by atoms with E-state index in [1.165, 1.54) is 0 Å². The van der Waals surface area contributed by atoms with Crippen LogP contribution in [-0.4, -0.2) is 129 Å². The highest BCUT2D eigenvalue weighted by molar-refractivity contribution is 7.80. The minimum Gasteiger partial charge on any atom is -0.480 e. The second kappa shape index (κ2) is 15.3. The van der Waals surface area contributed by atoms with Gasteiger partial charge in [-0.15, -0.1) is 0 Å². The van der Waals surface area contributed by atoms with E-state index >= 15 is 0 Å². The molecule has 14 nitrogen and oxygen atoms in total. The molecule has 0 saturated heterocycles. The van der Waals surface area contributed by atoms with Crippen molar-refractivity contribution in [1.82, 2.24) is 20.4 Å². The average Bonchev–Trinajstić information content (AvgIpc) is 2.66. The lowest BCUT2D eigenvalue weighted by molar-refractivity contribution is -0.143. The number of carboxylic acids is 4. The smallest absolute Gasteiger partial charge is 0.327 e. The number of carbonyl (C=O) groups excluding carboxylic acids is 2. The average molecular weight is 499 g/mol. The van der Waals surface area contributed by atoms with Crippen LogP contribution in [0.25, 0.3) is 0 Å². The van der Waals surface area contributed by atoms with Crippen LogP contribution in [0, 0.1) is 0 Å². The van der Waals surface area contributed by atoms with E-state index in [0.717, 1.165) is 9.80 Å². The zero-order valence-electron chi connectivity index (χ0n) is 16.8. The number of rotatable bonds is 17. The topological polar surface area (TPSA) is 214 Å². The predicted molar refractivity (Wildman–Crippen MR) is 115 cm³/mol. The highest BCUT2D eigenvalue weighted by Gasteiger charge is 2.23. The minimum absolute atomic E-state index is 0.159. The summed E-state index contributed by atoms with van der Waals surface area (Å²) in [6.07, 6.45) is 0. The molecule has 2 atom stereocenters. The number of amides is 2. The summed E-state index contributed by atoms with van der Waals surface area (Å²) in [6.45, 7) is -2.54. The summed E-state index contributed by atoms with van der Waals surface area (Å²) in [6, 6.07) is -2.56. The van der Waals surface area contributed by atoms with Crippen molar-refractivity contribution in [1.29, 1.82) is 0 Å². The molecule has 182 valence electrons. The van der Waals surface area contributed by atoms with Gasteiger partial charge in [-0.2, -0.15) is 25.3 Å². The molecule has 0 aromatic rings. The van der Waals surface area contributed by atoms with Crippen molar-refractivity contribution in [2.45, 2.75) is 12.1 Å². The third-order valence-electron chi connectivity index (χ3n) is 3.82. The van der Waals surface area contributed by atoms with Gasteiger partial charge in [0.2, 0.25) is 11.8 Å². The van der Waals surface area contributed by atoms with Crippen LogP contribution >= 0.6 is 25.3 Å². The van der Waals surface area contributed by atoms with Gasteiger partial charge in [-0.25, -0.2) is 9.59 Å². The molecule has 2 unspecified atom stereocenters. The van der Waals surface area contributed by atoms with Gasteiger partial charge >= 0.3 is 23.9 Å². The van der Waals surface area contributed by atoms with Crippen LogP contribution in [0.1, 0.15) is 0 Å². The monoisotopic (exact) mass is 498 g/mol. The molecule has 0 spiro atoms. The van der Waals surface area contributed by atoms with E-state index in [1.807, 2.05) is 0 Å². The van der Waals surface area contributed by atoms with E-state index < -0.39 is 74.0 Å². The number of thiol groups is 2. The first-order valence-electron chi connectivity index (χ1n) is 9.03. The third kappa shape index (κ3) is 13.0. The summed E-state index contributed by atoms with van der Waals surface area (Å²) in [5.74, 6) is -7.17. The Balaban J connectivity index is 5.09. The predicted octanol–water partition coefficient (Wildman–Crippen LogP) is -3.24. The third-order valence-corrected chi connectivity index (χ3v) is 4.55. The maximum atomic E-state index is 12.0. The molecule has 16 heteroatoms. The SMILES string of the molecule is O=C(O)CN(CCN(CC(=O)O)CC(=O)NC(CS)C(=O)O)CC(=O)NC(CS)C(=O)O. The molecule has 0 fully saturated rings. The molecule has 0 aromatic carbocycles. The molecule has 6 N–H and O–H groups in total. The van der Waals surface area contributed by atoms with Gasteiger partial charge in [0.15, 0.2) is 0 Å². The van der Waals surface area contributed by atoms with Crippen LogP contribution in [0.15, 0.2) is 0 Å². The fourth-order valence-corrected chi connectivity index (χ4v) is 2.85. The highest BCUT2D eigenvalue weighted by atomic mass is 32.1. The highest BCUT2D eigenvalue weighted by Crippen LogP contribution is 1.97. The molecule has 0 heterocycles. The summed E-state index contributed by atoms with van der Waals surface area (Å²) in [7, 11) is 0. The zero-order chi connectivity index (χ0) is 24.8. The Hall–Kier alpha value is -2.56. The molecule has 0 aliphatic rings. The van der Waals surface area contributed by atoms with E-state index in [1.54, 1.807) is 0 Å². The second-order valence-corrected chi connectivity index (χ2v) is 7.22. The fraction of sp³-hybridized carbons (Fsp3) is 0.625. The molecule has 0 aromatic heterocycles. The van der Waals surface area contributed by atoms with Crippen molar-refractivity contribution < 1.29 is 49.2 Å². The van der Waals surface area contributed by atoms with Crippen LogP contribution in [0.5, 0.6) is 0 Å². The molecule has 0 radical (unpaired) electrons. The number of carboxylic acid groups (broad SMARTS) is 4. The summed E-state index contributed by atoms with van der Waals surface area (Å²) in [5, 5.41) is 40.3. The van der Waals surface area contributed by atoms with E-state index in [4.69, 9.17) is 20.4 Å². The molecule has 0 aliphatic carbocycles. The summed E-state index contributed by atoms with van der Waals surface area (Å²) < 4.78 is 0. The first kappa shape index (κ1) is 29.4. The number of hydrogen-bond acceptors (Lipinski definition) is 10. The van der Waals surface area contributed by atoms with E-state index in [-0.39, 0.29) is 24.6 Å². The van der Waals surface area contributed by atoms with Crippen LogP contribution in [0.2, 0.25) is 0 Å². The van der Waals surface area contributed by atoms with Gasteiger partial charge < -0.3 is 31.1 Å². The van der Waals surface area contributed by atoms with Gasteiger partial charge in [-0.3, -0.25) is 29.0 Å². The molecule has 2 amide bonds. The van der Waals surface area contributed by atoms with Gasteiger partial charge in [-0.05, 0) is 0 Å². The number of nitrogens with one attached hydrogen (secondary N) is 2. The van der Waals surface area contributed by atoms with Crippen molar-refractivity contribution in [3.05, 3.63) is 0 Å². The van der Waals surface area contributed by atoms with Gasteiger partial charge in [0, 0.05) is 24.6 Å². The number of carbonyl (C=O) groups is 6. The number of nitrogens with zero attached hydrogens (tertiary/aromatic N) is 2. The lowest BCUT2D eigenvalue weighted by Crippen LogP contribution is -2.50. The second-order valence-electron chi connectivity index (χ2n) is 6.49. The van der Waals surface area contributed by atoms with Gasteiger partial charge in [0.1, 0.15) is 12.1 Å². The lowest BCUT2D eigenvalue weighted by atomic mass is 10.3. The molecular formula is C16H26N4O10S2. The van der Waals surface area contributed by atoms with Crippen molar-refractivity contribution in [3.8, 4) is 0 Å². The Morgan fingerprint density at radius 2 is 0.938 bits per heavy atom. The normalized spacial score (nSPS) is 12.8. The standard InChI is InChI=1S/C16H26N4O10S2/c21-11(17-9(7-31)15(27)28)3-19(5-13(23)24)1-2-20(6-14(25)26)4-12(22)18-10(8-32)16(29)30/h9-10,31-32H,1-8H2,(H,17,21)(H,18,22)(H,23,24)(H,25,26)(H,27,28)(H,29,30). The first-order chi connectivity index (χ1) is 14.9. The Kier molecular flexibility index (Phi) is 14.1. The van der Waals surface area contributed by atoms with Crippen LogP contribution < -0.4 is 10.6 Å². The van der Waals surface area contributed by atoms with Gasteiger partial charge in [0.25, 0.3) is 0 Å². The van der Waals surface area contributed by atoms with E-state index in [2.05, 4.69) is 35.9 Å². The van der Waals surface area contributed by atoms with Gasteiger partial charge in [-0.1, -0.05) is 0 Å². The molecule has 0 rings (SSSR count). The number of aliphatic carboxylic acids is 4. The minimum atomic E-state index is -1.32.